The molecule has 8 heteroatoms. The number of hydrogen-bond acceptors (Lipinski definition) is 6. The first kappa shape index (κ1) is 24.4. The second kappa shape index (κ2) is 8.51. The highest BCUT2D eigenvalue weighted by Gasteiger charge is 2.63. The topological polar surface area (TPSA) is 124 Å². The summed E-state index contributed by atoms with van der Waals surface area (Å²) in [6.45, 7) is 6.78. The number of aliphatic hydroxyl groups excluding tert-OH is 1. The van der Waals surface area contributed by atoms with Gasteiger partial charge in [0.1, 0.15) is 0 Å². The molecule has 4 fully saturated rings. The maximum absolute atomic E-state index is 11.7. The van der Waals surface area contributed by atoms with Crippen LogP contribution in [0.3, 0.4) is 0 Å². The predicted octanol–water partition coefficient (Wildman–Crippen LogP) is 3.96. The van der Waals surface area contributed by atoms with E-state index >= 15 is 0 Å². The Morgan fingerprint density at radius 1 is 1.09 bits per heavy atom. The molecule has 10 atom stereocenters. The highest BCUT2D eigenvalue weighted by Crippen LogP contribution is 2.68. The number of carbonyl (C=O) groups is 1. The number of carboxylic acid groups (broad SMARTS) is 1. The molecule has 0 heterocycles. The molecule has 0 aliphatic heterocycles. The van der Waals surface area contributed by atoms with Crippen molar-refractivity contribution >= 4 is 16.4 Å². The molecule has 184 valence electrons. The van der Waals surface area contributed by atoms with E-state index in [4.69, 9.17) is 9.29 Å². The molecule has 1 unspecified atom stereocenters. The van der Waals surface area contributed by atoms with Gasteiger partial charge in [0.2, 0.25) is 10.4 Å². The Hall–Kier alpha value is -0.700. The fourth-order valence-corrected chi connectivity index (χ4v) is 9.46. The zero-order chi connectivity index (χ0) is 23.5. The Morgan fingerprint density at radius 2 is 1.75 bits per heavy atom. The first-order chi connectivity index (χ1) is 14.8. The summed E-state index contributed by atoms with van der Waals surface area (Å²) in [5.74, 6) is 0.663. The van der Waals surface area contributed by atoms with Crippen LogP contribution in [-0.2, 0) is 19.4 Å². The Bertz CT molecular complexity index is 828. The molecule has 0 saturated heterocycles. The maximum atomic E-state index is 11.7. The van der Waals surface area contributed by atoms with Gasteiger partial charge in [-0.15, -0.1) is 0 Å². The van der Waals surface area contributed by atoms with Gasteiger partial charge in [0.15, 0.2) is 0 Å². The second-order valence-corrected chi connectivity index (χ2v) is 12.8. The highest BCUT2D eigenvalue weighted by molar-refractivity contribution is 7.80. The number of rotatable bonds is 6. The van der Waals surface area contributed by atoms with Crippen LogP contribution in [0.1, 0.15) is 85.0 Å². The normalized spacial score (nSPS) is 47.2. The lowest BCUT2D eigenvalue weighted by Crippen LogP contribution is -2.59. The summed E-state index contributed by atoms with van der Waals surface area (Å²) < 4.78 is 40.3. The fraction of sp³-hybridized carbons (Fsp3) is 0.958. The van der Waals surface area contributed by atoms with E-state index in [0.29, 0.717) is 25.2 Å². The van der Waals surface area contributed by atoms with E-state index in [-0.39, 0.29) is 52.9 Å². The number of fused-ring (bicyclic) bond motifs is 5. The zero-order valence-electron chi connectivity index (χ0n) is 19.5. The van der Waals surface area contributed by atoms with Crippen LogP contribution < -0.4 is 0 Å². The SMILES string of the molecule is C[C@H](CCC(=O)O)[C@H]1CC[C@H]2C3[C@H](OS(=O)(=O)[O-])C[C@@H]4C[C@H](O)CC[C@]4(C)[C@H]3CC[C@]12C. The van der Waals surface area contributed by atoms with Crippen molar-refractivity contribution in [1.29, 1.82) is 0 Å². The van der Waals surface area contributed by atoms with Crippen molar-refractivity contribution in [2.24, 2.45) is 46.3 Å². The van der Waals surface area contributed by atoms with Gasteiger partial charge in [-0.05, 0) is 104 Å². The average Bonchev–Trinajstić information content (AvgIpc) is 3.03. The van der Waals surface area contributed by atoms with Crippen LogP contribution in [0.2, 0.25) is 0 Å². The van der Waals surface area contributed by atoms with Crippen LogP contribution in [0.15, 0.2) is 0 Å². The van der Waals surface area contributed by atoms with Gasteiger partial charge in [0, 0.05) is 6.42 Å². The summed E-state index contributed by atoms with van der Waals surface area (Å²) in [7, 11) is -4.82. The van der Waals surface area contributed by atoms with Crippen molar-refractivity contribution in [2.75, 3.05) is 0 Å². The summed E-state index contributed by atoms with van der Waals surface area (Å²) in [4.78, 5) is 11.1. The van der Waals surface area contributed by atoms with Crippen LogP contribution in [-0.4, -0.2) is 41.4 Å². The Kier molecular flexibility index (Phi) is 6.49. The van der Waals surface area contributed by atoms with E-state index in [2.05, 4.69) is 20.8 Å². The largest absolute Gasteiger partial charge is 0.726 e. The lowest BCUT2D eigenvalue weighted by molar-refractivity contribution is -0.168. The van der Waals surface area contributed by atoms with Gasteiger partial charge in [-0.1, -0.05) is 20.8 Å². The molecule has 0 spiro atoms. The summed E-state index contributed by atoms with van der Waals surface area (Å²) in [5, 5.41) is 19.4. The molecule has 0 aromatic carbocycles. The predicted molar refractivity (Wildman–Crippen MR) is 117 cm³/mol. The van der Waals surface area contributed by atoms with Crippen LogP contribution in [0.4, 0.5) is 0 Å². The van der Waals surface area contributed by atoms with Crippen molar-refractivity contribution in [3.05, 3.63) is 0 Å². The molecule has 7 nitrogen and oxygen atoms in total. The van der Waals surface area contributed by atoms with Crippen molar-refractivity contribution in [3.8, 4) is 0 Å². The van der Waals surface area contributed by atoms with Gasteiger partial charge < -0.3 is 14.8 Å². The third kappa shape index (κ3) is 4.25. The fourth-order valence-electron chi connectivity index (χ4n) is 8.95. The molecule has 4 aliphatic rings. The van der Waals surface area contributed by atoms with Gasteiger partial charge >= 0.3 is 5.97 Å². The number of aliphatic carboxylic acids is 1. The highest BCUT2D eigenvalue weighted by atomic mass is 32.3. The first-order valence-corrected chi connectivity index (χ1v) is 13.7. The van der Waals surface area contributed by atoms with Crippen LogP contribution in [0, 0.1) is 46.3 Å². The lowest BCUT2D eigenvalue weighted by Gasteiger charge is -2.63. The molecule has 0 bridgehead atoms. The number of aliphatic hydroxyl groups is 1. The van der Waals surface area contributed by atoms with Crippen molar-refractivity contribution in [1.82, 2.24) is 0 Å². The van der Waals surface area contributed by atoms with Crippen molar-refractivity contribution in [2.45, 2.75) is 97.2 Å². The van der Waals surface area contributed by atoms with E-state index in [1.165, 1.54) is 0 Å². The third-order valence-electron chi connectivity index (χ3n) is 10.4. The Morgan fingerprint density at radius 3 is 2.41 bits per heavy atom. The van der Waals surface area contributed by atoms with Gasteiger partial charge in [-0.2, -0.15) is 0 Å². The summed E-state index contributed by atoms with van der Waals surface area (Å²) in [6.07, 6.45) is 6.72. The van der Waals surface area contributed by atoms with Crippen molar-refractivity contribution in [3.63, 3.8) is 0 Å². The minimum atomic E-state index is -4.82. The summed E-state index contributed by atoms with van der Waals surface area (Å²) in [6, 6.07) is 0. The third-order valence-corrected chi connectivity index (χ3v) is 10.9. The molecule has 0 aromatic heterocycles. The zero-order valence-corrected chi connectivity index (χ0v) is 20.4. The molecule has 0 aromatic rings. The van der Waals surface area contributed by atoms with Crippen molar-refractivity contribution < 1.29 is 32.2 Å². The smallest absolute Gasteiger partial charge is 0.303 e. The quantitative estimate of drug-likeness (QED) is 0.444. The summed E-state index contributed by atoms with van der Waals surface area (Å²) in [5.41, 5.74) is 0.0372. The van der Waals surface area contributed by atoms with Gasteiger partial charge in [-0.25, -0.2) is 8.42 Å². The van der Waals surface area contributed by atoms with E-state index in [1.54, 1.807) is 0 Å². The molecule has 4 saturated carbocycles. The Labute approximate surface area is 192 Å². The molecule has 32 heavy (non-hydrogen) atoms. The van der Waals surface area contributed by atoms with Crippen LogP contribution >= 0.6 is 0 Å². The molecular weight excluding hydrogens is 432 g/mol. The molecule has 0 amide bonds. The van der Waals surface area contributed by atoms with Gasteiger partial charge in [0.05, 0.1) is 12.2 Å². The monoisotopic (exact) mass is 471 g/mol. The molecule has 0 radical (unpaired) electrons. The lowest BCUT2D eigenvalue weighted by atomic mass is 9.43. The average molecular weight is 472 g/mol. The number of hydrogen-bond donors (Lipinski definition) is 2. The van der Waals surface area contributed by atoms with E-state index in [9.17, 15) is 22.9 Å². The van der Waals surface area contributed by atoms with E-state index in [0.717, 1.165) is 38.5 Å². The maximum Gasteiger partial charge on any atom is 0.303 e. The minimum absolute atomic E-state index is 0.00468. The van der Waals surface area contributed by atoms with E-state index < -0.39 is 22.5 Å². The molecule has 4 aliphatic carbocycles. The van der Waals surface area contributed by atoms with E-state index in [1.807, 2.05) is 0 Å². The number of carboxylic acids is 1. The minimum Gasteiger partial charge on any atom is -0.726 e. The van der Waals surface area contributed by atoms with Gasteiger partial charge in [0.25, 0.3) is 0 Å². The van der Waals surface area contributed by atoms with Crippen LogP contribution in [0.25, 0.3) is 0 Å². The standard InChI is InChI=1S/C24H40O7S/c1-14(4-7-21(26)27)17-5-6-18-22-19(9-11-24(17,18)3)23(2)10-8-16(25)12-15(23)13-20(22)31-32(28,29)30/h14-20,22,25H,4-13H2,1-3H3,(H,26,27)(H,28,29,30)/p-1/t14-,15+,16-,17-,18+,19+,20-,22?,23+,24-/m1/s1. The summed E-state index contributed by atoms with van der Waals surface area (Å²) >= 11 is 0. The molecule has 2 N–H and O–H groups in total. The molecular formula is C24H39O7S-. The van der Waals surface area contributed by atoms with Gasteiger partial charge in [-0.3, -0.25) is 8.98 Å². The molecule has 4 rings (SSSR count). The first-order valence-electron chi connectivity index (χ1n) is 12.4. The van der Waals surface area contributed by atoms with Crippen LogP contribution in [0.5, 0.6) is 0 Å². The second-order valence-electron chi connectivity index (χ2n) is 11.8. The Balaban J connectivity index is 1.64.